The minimum Gasteiger partial charge on any atom is -0.494 e. The van der Waals surface area contributed by atoms with E-state index in [1.807, 2.05) is 51.1 Å². The third-order valence-electron chi connectivity index (χ3n) is 2.53. The highest BCUT2D eigenvalue weighted by Crippen LogP contribution is 2.13. The highest BCUT2D eigenvalue weighted by atomic mass is 16.5. The van der Waals surface area contributed by atoms with Crippen molar-refractivity contribution in [2.24, 2.45) is 0 Å². The third kappa shape index (κ3) is 4.62. The van der Waals surface area contributed by atoms with Crippen LogP contribution >= 0.6 is 0 Å². The lowest BCUT2D eigenvalue weighted by molar-refractivity contribution is -0.117. The molecule has 1 aromatic carbocycles. The van der Waals surface area contributed by atoms with Gasteiger partial charge in [-0.2, -0.15) is 0 Å². The zero-order valence-corrected chi connectivity index (χ0v) is 11.3. The lowest BCUT2D eigenvalue weighted by atomic mass is 10.2. The van der Waals surface area contributed by atoms with Crippen molar-refractivity contribution in [1.29, 1.82) is 0 Å². The molecule has 0 spiro atoms. The van der Waals surface area contributed by atoms with Gasteiger partial charge in [0.05, 0.1) is 6.61 Å². The maximum Gasteiger partial charge on any atom is 0.246 e. The summed E-state index contributed by atoms with van der Waals surface area (Å²) in [6.45, 7) is 6.97. The van der Waals surface area contributed by atoms with E-state index in [0.717, 1.165) is 23.3 Å². The fraction of sp³-hybridized carbons (Fsp3) is 0.400. The van der Waals surface area contributed by atoms with Gasteiger partial charge in [-0.3, -0.25) is 4.79 Å². The number of rotatable bonds is 6. The number of allylic oxidation sites excluding steroid dienone is 1. The van der Waals surface area contributed by atoms with Crippen LogP contribution in [0.25, 0.3) is 0 Å². The molecule has 1 rings (SSSR count). The Morgan fingerprint density at radius 2 is 2.17 bits per heavy atom. The van der Waals surface area contributed by atoms with Crippen molar-refractivity contribution < 1.29 is 9.53 Å². The molecular weight excluding hydrogens is 226 g/mol. The molecule has 0 aliphatic heterocycles. The van der Waals surface area contributed by atoms with E-state index in [2.05, 4.69) is 5.32 Å². The van der Waals surface area contributed by atoms with E-state index in [9.17, 15) is 4.79 Å². The Labute approximate surface area is 109 Å². The summed E-state index contributed by atoms with van der Waals surface area (Å²) in [5.74, 6) is 0.823. The van der Waals surface area contributed by atoms with Gasteiger partial charge < -0.3 is 10.1 Å². The van der Waals surface area contributed by atoms with Gasteiger partial charge in [0.25, 0.3) is 0 Å². The van der Waals surface area contributed by atoms with Gasteiger partial charge in [-0.05, 0) is 38.0 Å². The zero-order valence-electron chi connectivity index (χ0n) is 11.3. The Morgan fingerprint density at radius 3 is 2.83 bits per heavy atom. The molecule has 3 heteroatoms. The summed E-state index contributed by atoms with van der Waals surface area (Å²) in [6.07, 6.45) is 2.80. The Hall–Kier alpha value is -1.77. The van der Waals surface area contributed by atoms with Crippen molar-refractivity contribution in [1.82, 2.24) is 5.32 Å². The van der Waals surface area contributed by atoms with Crippen molar-refractivity contribution in [2.75, 3.05) is 6.61 Å². The molecule has 0 bridgehead atoms. The standard InChI is InChI=1S/C15H21NO2/c1-4-7-12(3)15(17)16-11-13-8-6-9-14(10-13)18-5-2/h6-10H,4-5,11H2,1-3H3,(H,16,17). The van der Waals surface area contributed by atoms with E-state index in [4.69, 9.17) is 4.74 Å². The lowest BCUT2D eigenvalue weighted by Crippen LogP contribution is -2.23. The summed E-state index contributed by atoms with van der Waals surface area (Å²) in [6, 6.07) is 7.77. The summed E-state index contributed by atoms with van der Waals surface area (Å²) in [5.41, 5.74) is 1.80. The van der Waals surface area contributed by atoms with Crippen LogP contribution in [0, 0.1) is 0 Å². The maximum atomic E-state index is 11.7. The van der Waals surface area contributed by atoms with E-state index in [0.29, 0.717) is 13.2 Å². The van der Waals surface area contributed by atoms with Crippen molar-refractivity contribution >= 4 is 5.91 Å². The number of ether oxygens (including phenoxy) is 1. The number of hydrogen-bond donors (Lipinski definition) is 1. The molecule has 0 atom stereocenters. The van der Waals surface area contributed by atoms with E-state index in [1.165, 1.54) is 0 Å². The van der Waals surface area contributed by atoms with Crippen LogP contribution < -0.4 is 10.1 Å². The van der Waals surface area contributed by atoms with Crippen molar-refractivity contribution in [2.45, 2.75) is 33.7 Å². The molecule has 0 heterocycles. The van der Waals surface area contributed by atoms with Crippen molar-refractivity contribution in [3.8, 4) is 5.75 Å². The Balaban J connectivity index is 2.55. The van der Waals surface area contributed by atoms with Crippen LogP contribution in [0.3, 0.4) is 0 Å². The number of carbonyl (C=O) groups is 1. The lowest BCUT2D eigenvalue weighted by Gasteiger charge is -2.08. The first-order valence-corrected chi connectivity index (χ1v) is 6.34. The average molecular weight is 247 g/mol. The molecular formula is C15H21NO2. The molecule has 0 fully saturated rings. The van der Waals surface area contributed by atoms with E-state index < -0.39 is 0 Å². The first-order chi connectivity index (χ1) is 8.67. The monoisotopic (exact) mass is 247 g/mol. The van der Waals surface area contributed by atoms with Crippen molar-refractivity contribution in [3.63, 3.8) is 0 Å². The molecule has 98 valence electrons. The molecule has 1 amide bonds. The van der Waals surface area contributed by atoms with Crippen molar-refractivity contribution in [3.05, 3.63) is 41.5 Å². The second kappa shape index (κ2) is 7.54. The van der Waals surface area contributed by atoms with Crippen LogP contribution in [-0.2, 0) is 11.3 Å². The van der Waals surface area contributed by atoms with Crippen LogP contribution in [-0.4, -0.2) is 12.5 Å². The van der Waals surface area contributed by atoms with Gasteiger partial charge in [-0.25, -0.2) is 0 Å². The fourth-order valence-electron chi connectivity index (χ4n) is 1.63. The first-order valence-electron chi connectivity index (χ1n) is 6.34. The molecule has 0 saturated carbocycles. The predicted octanol–water partition coefficient (Wildman–Crippen LogP) is 3.06. The number of carbonyl (C=O) groups excluding carboxylic acids is 1. The topological polar surface area (TPSA) is 38.3 Å². The second-order valence-corrected chi connectivity index (χ2v) is 4.06. The normalized spacial score (nSPS) is 11.2. The van der Waals surface area contributed by atoms with Crippen LogP contribution in [0.4, 0.5) is 0 Å². The molecule has 0 saturated heterocycles. The fourth-order valence-corrected chi connectivity index (χ4v) is 1.63. The zero-order chi connectivity index (χ0) is 13.4. The number of benzene rings is 1. The van der Waals surface area contributed by atoms with Gasteiger partial charge >= 0.3 is 0 Å². The predicted molar refractivity (Wildman–Crippen MR) is 73.5 cm³/mol. The summed E-state index contributed by atoms with van der Waals surface area (Å²) in [7, 11) is 0. The first kappa shape index (κ1) is 14.3. The van der Waals surface area contributed by atoms with E-state index in [-0.39, 0.29) is 5.91 Å². The quantitative estimate of drug-likeness (QED) is 0.785. The van der Waals surface area contributed by atoms with Gasteiger partial charge in [0.15, 0.2) is 0 Å². The van der Waals surface area contributed by atoms with Gasteiger partial charge in [-0.1, -0.05) is 25.1 Å². The molecule has 3 nitrogen and oxygen atoms in total. The molecule has 0 aromatic heterocycles. The minimum atomic E-state index is -0.0151. The molecule has 18 heavy (non-hydrogen) atoms. The van der Waals surface area contributed by atoms with Crippen LogP contribution in [0.1, 0.15) is 32.8 Å². The average Bonchev–Trinajstić information content (AvgIpc) is 2.37. The summed E-state index contributed by atoms with van der Waals surface area (Å²) in [4.78, 5) is 11.7. The van der Waals surface area contributed by atoms with E-state index >= 15 is 0 Å². The summed E-state index contributed by atoms with van der Waals surface area (Å²) >= 11 is 0. The number of hydrogen-bond acceptors (Lipinski definition) is 2. The second-order valence-electron chi connectivity index (χ2n) is 4.06. The Kier molecular flexibility index (Phi) is 5.98. The highest BCUT2D eigenvalue weighted by molar-refractivity contribution is 5.92. The van der Waals surface area contributed by atoms with Gasteiger partial charge in [0.1, 0.15) is 5.75 Å². The highest BCUT2D eigenvalue weighted by Gasteiger charge is 2.03. The smallest absolute Gasteiger partial charge is 0.246 e. The largest absolute Gasteiger partial charge is 0.494 e. The van der Waals surface area contributed by atoms with Gasteiger partial charge in [0, 0.05) is 12.1 Å². The van der Waals surface area contributed by atoms with Crippen LogP contribution in [0.5, 0.6) is 5.75 Å². The third-order valence-corrected chi connectivity index (χ3v) is 2.53. The molecule has 0 radical (unpaired) electrons. The Morgan fingerprint density at radius 1 is 1.39 bits per heavy atom. The Bertz CT molecular complexity index is 424. The van der Waals surface area contributed by atoms with Crippen LogP contribution in [0.2, 0.25) is 0 Å². The molecule has 0 unspecified atom stereocenters. The summed E-state index contributed by atoms with van der Waals surface area (Å²) in [5, 5.41) is 2.89. The van der Waals surface area contributed by atoms with Gasteiger partial charge in [-0.15, -0.1) is 0 Å². The van der Waals surface area contributed by atoms with Gasteiger partial charge in [0.2, 0.25) is 5.91 Å². The molecule has 0 aliphatic carbocycles. The molecule has 1 N–H and O–H groups in total. The molecule has 1 aromatic rings. The minimum absolute atomic E-state index is 0.0151. The molecule has 0 aliphatic rings. The number of amides is 1. The summed E-state index contributed by atoms with van der Waals surface area (Å²) < 4.78 is 5.42. The SMILES string of the molecule is CCC=C(C)C(=O)NCc1cccc(OCC)c1. The maximum absolute atomic E-state index is 11.7. The van der Waals surface area contributed by atoms with E-state index in [1.54, 1.807) is 0 Å². The van der Waals surface area contributed by atoms with Crippen LogP contribution in [0.15, 0.2) is 35.9 Å². The number of nitrogens with one attached hydrogen (secondary N) is 1.